The first-order valence-corrected chi connectivity index (χ1v) is 8.58. The highest BCUT2D eigenvalue weighted by molar-refractivity contribution is 5.75. The molecule has 0 radical (unpaired) electrons. The summed E-state index contributed by atoms with van der Waals surface area (Å²) in [6.45, 7) is 5.28. The zero-order valence-electron chi connectivity index (χ0n) is 14.4. The van der Waals surface area contributed by atoms with Gasteiger partial charge in [-0.3, -0.25) is 9.69 Å². The number of carbonyl (C=O) groups is 1. The molecule has 0 spiro atoms. The van der Waals surface area contributed by atoms with E-state index in [0.717, 1.165) is 11.1 Å². The average molecular weight is 359 g/mol. The highest BCUT2D eigenvalue weighted by Crippen LogP contribution is 2.42. The van der Waals surface area contributed by atoms with Crippen LogP contribution < -0.4 is 11.1 Å². The average Bonchev–Trinajstić information content (AvgIpc) is 3.10. The van der Waals surface area contributed by atoms with Gasteiger partial charge in [-0.05, 0) is 25.3 Å². The molecular weight excluding hydrogens is 335 g/mol. The summed E-state index contributed by atoms with van der Waals surface area (Å²) in [7, 11) is 0. The largest absolute Gasteiger partial charge is 0.410 e. The third kappa shape index (κ3) is 3.75. The van der Waals surface area contributed by atoms with Crippen molar-refractivity contribution in [1.29, 1.82) is 0 Å². The molecule has 2 aliphatic heterocycles. The first-order chi connectivity index (χ1) is 11.6. The third-order valence-electron chi connectivity index (χ3n) is 5.11. The minimum absolute atomic E-state index is 0.0191. The van der Waals surface area contributed by atoms with E-state index < -0.39 is 18.1 Å². The number of fused-ring (bicyclic) bond motifs is 1. The van der Waals surface area contributed by atoms with Crippen molar-refractivity contribution in [1.82, 2.24) is 14.7 Å². The zero-order valence-corrected chi connectivity index (χ0v) is 14.4. The molecule has 9 heteroatoms. The molecule has 0 bridgehead atoms. The molecule has 3 atom stereocenters. The summed E-state index contributed by atoms with van der Waals surface area (Å²) < 4.78 is 41.6. The van der Waals surface area contributed by atoms with Crippen molar-refractivity contribution in [3.63, 3.8) is 0 Å². The van der Waals surface area contributed by atoms with Gasteiger partial charge in [-0.15, -0.1) is 0 Å². The summed E-state index contributed by atoms with van der Waals surface area (Å²) in [6.07, 6.45) is -3.59. The molecule has 0 aliphatic carbocycles. The van der Waals surface area contributed by atoms with E-state index in [9.17, 15) is 18.0 Å². The predicted molar refractivity (Wildman–Crippen MR) is 87.2 cm³/mol. The molecular formula is C16H24F3N5O. The van der Waals surface area contributed by atoms with E-state index in [0.29, 0.717) is 24.6 Å². The van der Waals surface area contributed by atoms with E-state index in [4.69, 9.17) is 5.73 Å². The van der Waals surface area contributed by atoms with Crippen LogP contribution in [-0.4, -0.2) is 52.4 Å². The lowest BCUT2D eigenvalue weighted by Gasteiger charge is -2.35. The fraction of sp³-hybridized carbons (Fsp3) is 0.750. The van der Waals surface area contributed by atoms with Gasteiger partial charge in [0.25, 0.3) is 0 Å². The predicted octanol–water partition coefficient (Wildman–Crippen LogP) is 2.10. The van der Waals surface area contributed by atoms with Crippen LogP contribution in [0.3, 0.4) is 0 Å². The van der Waals surface area contributed by atoms with Gasteiger partial charge < -0.3 is 11.1 Å². The van der Waals surface area contributed by atoms with Crippen LogP contribution in [0.1, 0.15) is 44.3 Å². The van der Waals surface area contributed by atoms with E-state index in [2.05, 4.69) is 10.4 Å². The Morgan fingerprint density at radius 3 is 2.80 bits per heavy atom. The number of anilines is 1. The fourth-order valence-electron chi connectivity index (χ4n) is 3.70. The number of likely N-dealkylation sites (tertiary alicyclic amines) is 1. The van der Waals surface area contributed by atoms with Crippen LogP contribution in [0, 0.1) is 5.92 Å². The Morgan fingerprint density at radius 2 is 2.20 bits per heavy atom. The monoisotopic (exact) mass is 359 g/mol. The summed E-state index contributed by atoms with van der Waals surface area (Å²) in [5.74, 6) is 0.138. The van der Waals surface area contributed by atoms with Gasteiger partial charge in [-0.1, -0.05) is 13.8 Å². The number of hydrogen-bond donors (Lipinski definition) is 2. The zero-order chi connectivity index (χ0) is 18.4. The number of nitrogens with one attached hydrogen (secondary N) is 1. The molecule has 3 heterocycles. The topological polar surface area (TPSA) is 76.2 Å². The highest BCUT2D eigenvalue weighted by atomic mass is 19.4. The van der Waals surface area contributed by atoms with Gasteiger partial charge in [0, 0.05) is 24.6 Å². The van der Waals surface area contributed by atoms with Gasteiger partial charge in [-0.2, -0.15) is 18.3 Å². The van der Waals surface area contributed by atoms with Crippen LogP contribution >= 0.6 is 0 Å². The minimum atomic E-state index is -4.33. The van der Waals surface area contributed by atoms with Gasteiger partial charge >= 0.3 is 6.18 Å². The van der Waals surface area contributed by atoms with Crippen molar-refractivity contribution < 1.29 is 18.0 Å². The van der Waals surface area contributed by atoms with Crippen LogP contribution in [0.25, 0.3) is 0 Å². The molecule has 2 aliphatic rings. The number of alkyl halides is 3. The number of hydrogen-bond acceptors (Lipinski definition) is 4. The molecule has 1 aromatic rings. The van der Waals surface area contributed by atoms with E-state index >= 15 is 0 Å². The molecule has 1 saturated heterocycles. The lowest BCUT2D eigenvalue weighted by atomic mass is 9.94. The number of primary amides is 1. The Balaban J connectivity index is 1.83. The first kappa shape index (κ1) is 18.0. The molecule has 0 aromatic carbocycles. The first-order valence-electron chi connectivity index (χ1n) is 8.58. The number of rotatable bonds is 4. The Morgan fingerprint density at radius 1 is 1.48 bits per heavy atom. The maximum atomic E-state index is 13.5. The van der Waals surface area contributed by atoms with E-state index in [-0.39, 0.29) is 30.8 Å². The van der Waals surface area contributed by atoms with Gasteiger partial charge in [-0.25, -0.2) is 4.68 Å². The SMILES string of the molecule is CC(C)[C@@H]1C[C@H](C(F)(F)F)n2nc([C@@H]3CCN(CC(N)=O)C3)cc2N1. The van der Waals surface area contributed by atoms with Crippen LogP contribution in [0.2, 0.25) is 0 Å². The maximum Gasteiger partial charge on any atom is 0.410 e. The van der Waals surface area contributed by atoms with Gasteiger partial charge in [0.15, 0.2) is 6.04 Å². The molecule has 0 saturated carbocycles. The number of amides is 1. The second-order valence-corrected chi connectivity index (χ2v) is 7.37. The maximum absolute atomic E-state index is 13.5. The molecule has 3 rings (SSSR count). The molecule has 6 nitrogen and oxygen atoms in total. The third-order valence-corrected chi connectivity index (χ3v) is 5.11. The van der Waals surface area contributed by atoms with Crippen molar-refractivity contribution >= 4 is 11.7 Å². The normalized spacial score (nSPS) is 27.4. The van der Waals surface area contributed by atoms with Crippen molar-refractivity contribution in [3.05, 3.63) is 11.8 Å². The standard InChI is InChI=1S/C16H24F3N5O/c1-9(2)11-5-13(16(17,18)19)24-15(21-11)6-12(22-24)10-3-4-23(7-10)8-14(20)25/h6,9-11,13,21H,3-5,7-8H2,1-2H3,(H2,20,25)/t10-,11+,13-/m1/s1. The summed E-state index contributed by atoms with van der Waals surface area (Å²) >= 11 is 0. The summed E-state index contributed by atoms with van der Waals surface area (Å²) in [6, 6.07) is -0.113. The van der Waals surface area contributed by atoms with Crippen LogP contribution in [0.4, 0.5) is 19.0 Å². The Kier molecular flexibility index (Phi) is 4.70. The number of carbonyl (C=O) groups excluding carboxylic acids is 1. The van der Waals surface area contributed by atoms with Gasteiger partial charge in [0.1, 0.15) is 5.82 Å². The Labute approximate surface area is 144 Å². The molecule has 140 valence electrons. The molecule has 1 fully saturated rings. The Hall–Kier alpha value is -1.77. The quantitative estimate of drug-likeness (QED) is 0.863. The van der Waals surface area contributed by atoms with Gasteiger partial charge in [0.05, 0.1) is 12.2 Å². The fourth-order valence-corrected chi connectivity index (χ4v) is 3.70. The number of aromatic nitrogens is 2. The second-order valence-electron chi connectivity index (χ2n) is 7.37. The number of halogens is 3. The molecule has 1 aromatic heterocycles. The highest BCUT2D eigenvalue weighted by Gasteiger charge is 2.47. The Bertz CT molecular complexity index is 642. The van der Waals surface area contributed by atoms with Crippen molar-refractivity contribution in [2.75, 3.05) is 25.0 Å². The molecule has 3 N–H and O–H groups in total. The lowest BCUT2D eigenvalue weighted by molar-refractivity contribution is -0.174. The second kappa shape index (κ2) is 6.51. The van der Waals surface area contributed by atoms with Crippen LogP contribution in [0.5, 0.6) is 0 Å². The van der Waals surface area contributed by atoms with Crippen molar-refractivity contribution in [3.8, 4) is 0 Å². The summed E-state index contributed by atoms with van der Waals surface area (Å²) in [5.41, 5.74) is 5.86. The van der Waals surface area contributed by atoms with Crippen LogP contribution in [0.15, 0.2) is 6.07 Å². The minimum Gasteiger partial charge on any atom is -0.369 e. The van der Waals surface area contributed by atoms with Crippen LogP contribution in [-0.2, 0) is 4.79 Å². The molecule has 25 heavy (non-hydrogen) atoms. The van der Waals surface area contributed by atoms with Gasteiger partial charge in [0.2, 0.25) is 5.91 Å². The van der Waals surface area contributed by atoms with E-state index in [1.807, 2.05) is 18.7 Å². The van der Waals surface area contributed by atoms with E-state index in [1.54, 1.807) is 6.07 Å². The lowest BCUT2D eigenvalue weighted by Crippen LogP contribution is -2.41. The van der Waals surface area contributed by atoms with Crippen molar-refractivity contribution in [2.45, 2.75) is 50.9 Å². The summed E-state index contributed by atoms with van der Waals surface area (Å²) in [5, 5.41) is 7.48. The number of nitrogens with two attached hydrogens (primary N) is 1. The smallest absolute Gasteiger partial charge is 0.369 e. The number of nitrogens with zero attached hydrogens (tertiary/aromatic N) is 3. The molecule has 0 unspecified atom stereocenters. The van der Waals surface area contributed by atoms with Crippen molar-refractivity contribution in [2.24, 2.45) is 11.7 Å². The molecule has 1 amide bonds. The summed E-state index contributed by atoms with van der Waals surface area (Å²) in [4.78, 5) is 13.0. The van der Waals surface area contributed by atoms with E-state index in [1.165, 1.54) is 0 Å².